The third-order valence-electron chi connectivity index (χ3n) is 5.79. The Morgan fingerprint density at radius 2 is 2.07 bits per heavy atom. The highest BCUT2D eigenvalue weighted by atomic mass is 32.2. The predicted octanol–water partition coefficient (Wildman–Crippen LogP) is 2.75. The number of aliphatic hydroxyl groups is 1. The highest BCUT2D eigenvalue weighted by molar-refractivity contribution is 7.99. The molecule has 5 rings (SSSR count). The minimum atomic E-state index is -0.634. The number of benzene rings is 1. The lowest BCUT2D eigenvalue weighted by atomic mass is 9.72. The first-order valence-electron chi connectivity index (χ1n) is 9.75. The van der Waals surface area contributed by atoms with Crippen LogP contribution in [0.5, 0.6) is 0 Å². The van der Waals surface area contributed by atoms with Crippen molar-refractivity contribution < 1.29 is 9.90 Å². The number of amides is 1. The molecule has 2 aromatic heterocycles. The summed E-state index contributed by atoms with van der Waals surface area (Å²) in [6, 6.07) is 7.55. The van der Waals surface area contributed by atoms with Crippen molar-refractivity contribution in [3.05, 3.63) is 48.0 Å². The zero-order valence-electron chi connectivity index (χ0n) is 16.2. The number of imidazole rings is 1. The molecular formula is C21H23N5O2S. The Balaban J connectivity index is 1.52. The molecule has 1 amide bonds. The number of nitrogens with two attached hydrogens (primary N) is 1. The number of carbonyl (C=O) groups excluding carboxylic acids is 1. The molecule has 7 nitrogen and oxygen atoms in total. The first kappa shape index (κ1) is 18.4. The Labute approximate surface area is 172 Å². The summed E-state index contributed by atoms with van der Waals surface area (Å²) >= 11 is 1.77. The lowest BCUT2D eigenvalue weighted by Gasteiger charge is -2.40. The Bertz CT molecular complexity index is 1080. The monoisotopic (exact) mass is 409 g/mol. The van der Waals surface area contributed by atoms with Crippen molar-refractivity contribution in [3.8, 4) is 11.3 Å². The van der Waals surface area contributed by atoms with Gasteiger partial charge in [0.2, 0.25) is 0 Å². The van der Waals surface area contributed by atoms with E-state index in [1.54, 1.807) is 18.0 Å². The average Bonchev–Trinajstić information content (AvgIpc) is 3.34. The first-order chi connectivity index (χ1) is 13.9. The molecule has 150 valence electrons. The van der Waals surface area contributed by atoms with Crippen molar-refractivity contribution in [1.82, 2.24) is 19.3 Å². The second-order valence-electron chi connectivity index (χ2n) is 8.14. The zero-order chi connectivity index (χ0) is 20.2. The van der Waals surface area contributed by atoms with Crippen LogP contribution in [0.25, 0.3) is 16.8 Å². The van der Waals surface area contributed by atoms with E-state index in [4.69, 9.17) is 10.7 Å². The van der Waals surface area contributed by atoms with Crippen LogP contribution in [-0.4, -0.2) is 54.1 Å². The molecule has 1 aliphatic heterocycles. The number of rotatable bonds is 3. The maximum atomic E-state index is 12.6. The number of thioether (sulfide) groups is 1. The molecule has 0 spiro atoms. The second-order valence-corrected chi connectivity index (χ2v) is 9.21. The SMILES string of the molecule is CC1(O)CC(c2nc(-c3ccc(C(=O)N4CCSC4)cc3)c3c(N)nccn23)C1. The van der Waals surface area contributed by atoms with Crippen LogP contribution in [0, 0.1) is 0 Å². The van der Waals surface area contributed by atoms with Gasteiger partial charge in [0, 0.05) is 41.7 Å². The lowest BCUT2D eigenvalue weighted by Crippen LogP contribution is -2.40. The molecule has 1 saturated heterocycles. The van der Waals surface area contributed by atoms with Gasteiger partial charge in [-0.15, -0.1) is 11.8 Å². The van der Waals surface area contributed by atoms with Gasteiger partial charge in [0.15, 0.2) is 0 Å². The van der Waals surface area contributed by atoms with E-state index in [9.17, 15) is 9.90 Å². The Kier molecular flexibility index (Phi) is 4.29. The summed E-state index contributed by atoms with van der Waals surface area (Å²) in [6.45, 7) is 2.65. The number of aromatic nitrogens is 3. The minimum absolute atomic E-state index is 0.0646. The van der Waals surface area contributed by atoms with Crippen LogP contribution in [0.15, 0.2) is 36.7 Å². The maximum absolute atomic E-state index is 12.6. The van der Waals surface area contributed by atoms with Crippen molar-refractivity contribution in [2.75, 3.05) is 23.9 Å². The number of carbonyl (C=O) groups is 1. The van der Waals surface area contributed by atoms with E-state index in [-0.39, 0.29) is 11.8 Å². The molecule has 1 saturated carbocycles. The molecule has 3 N–H and O–H groups in total. The fourth-order valence-electron chi connectivity index (χ4n) is 4.29. The molecule has 2 fully saturated rings. The quantitative estimate of drug-likeness (QED) is 0.690. The highest BCUT2D eigenvalue weighted by Crippen LogP contribution is 2.45. The van der Waals surface area contributed by atoms with E-state index in [1.807, 2.05) is 46.7 Å². The number of hydrogen-bond donors (Lipinski definition) is 2. The molecule has 3 aromatic rings. The topological polar surface area (TPSA) is 96.8 Å². The molecule has 0 radical (unpaired) electrons. The van der Waals surface area contributed by atoms with Gasteiger partial charge in [-0.05, 0) is 31.9 Å². The molecule has 29 heavy (non-hydrogen) atoms. The smallest absolute Gasteiger partial charge is 0.254 e. The summed E-state index contributed by atoms with van der Waals surface area (Å²) in [5.74, 6) is 3.30. The van der Waals surface area contributed by atoms with Crippen molar-refractivity contribution in [2.45, 2.75) is 31.3 Å². The second kappa shape index (κ2) is 6.74. The van der Waals surface area contributed by atoms with Gasteiger partial charge in [-0.25, -0.2) is 9.97 Å². The van der Waals surface area contributed by atoms with E-state index in [0.29, 0.717) is 24.2 Å². The van der Waals surface area contributed by atoms with Crippen molar-refractivity contribution in [1.29, 1.82) is 0 Å². The zero-order valence-corrected chi connectivity index (χ0v) is 17.0. The molecule has 2 aliphatic rings. The van der Waals surface area contributed by atoms with Crippen LogP contribution < -0.4 is 5.73 Å². The summed E-state index contributed by atoms with van der Waals surface area (Å²) in [6.07, 6.45) is 4.89. The third-order valence-corrected chi connectivity index (χ3v) is 6.76. The van der Waals surface area contributed by atoms with E-state index in [2.05, 4.69) is 4.98 Å². The van der Waals surface area contributed by atoms with Gasteiger partial charge >= 0.3 is 0 Å². The van der Waals surface area contributed by atoms with Gasteiger partial charge < -0.3 is 15.7 Å². The van der Waals surface area contributed by atoms with Gasteiger partial charge in [-0.2, -0.15) is 0 Å². The fraction of sp³-hybridized carbons (Fsp3) is 0.381. The van der Waals surface area contributed by atoms with Gasteiger partial charge in [0.05, 0.1) is 11.5 Å². The van der Waals surface area contributed by atoms with Crippen molar-refractivity contribution >= 4 is 29.0 Å². The number of nitrogen functional groups attached to an aromatic ring is 1. The first-order valence-corrected chi connectivity index (χ1v) is 10.9. The molecule has 0 unspecified atom stereocenters. The van der Waals surface area contributed by atoms with Crippen LogP contribution in [0.1, 0.15) is 41.9 Å². The van der Waals surface area contributed by atoms with Gasteiger partial charge in [0.25, 0.3) is 5.91 Å². The van der Waals surface area contributed by atoms with Crippen LogP contribution in [-0.2, 0) is 0 Å². The van der Waals surface area contributed by atoms with Crippen LogP contribution in [0.2, 0.25) is 0 Å². The lowest BCUT2D eigenvalue weighted by molar-refractivity contribution is -0.0335. The Morgan fingerprint density at radius 3 is 2.72 bits per heavy atom. The van der Waals surface area contributed by atoms with Gasteiger partial charge in [-0.1, -0.05) is 12.1 Å². The number of anilines is 1. The maximum Gasteiger partial charge on any atom is 0.254 e. The summed E-state index contributed by atoms with van der Waals surface area (Å²) in [5.41, 5.74) is 8.66. The molecule has 0 atom stereocenters. The number of hydrogen-bond acceptors (Lipinski definition) is 6. The fourth-order valence-corrected chi connectivity index (χ4v) is 5.23. The largest absolute Gasteiger partial charge is 0.390 e. The number of fused-ring (bicyclic) bond motifs is 1. The van der Waals surface area contributed by atoms with Crippen LogP contribution >= 0.6 is 11.8 Å². The predicted molar refractivity (Wildman–Crippen MR) is 114 cm³/mol. The molecule has 1 aromatic carbocycles. The van der Waals surface area contributed by atoms with Crippen molar-refractivity contribution in [2.24, 2.45) is 0 Å². The molecule has 8 heteroatoms. The molecule has 1 aliphatic carbocycles. The standard InChI is InChI=1S/C21H23N5O2S/c1-21(28)10-15(11-21)19-24-16(17-18(22)23-6-7-26(17)19)13-2-4-14(5-3-13)20(27)25-8-9-29-12-25/h2-7,15,28H,8-12H2,1H3,(H2,22,23). The van der Waals surface area contributed by atoms with E-state index in [0.717, 1.165) is 40.8 Å². The third kappa shape index (κ3) is 3.16. The average molecular weight is 410 g/mol. The number of nitrogens with zero attached hydrogens (tertiary/aromatic N) is 4. The molecular weight excluding hydrogens is 386 g/mol. The van der Waals surface area contributed by atoms with E-state index >= 15 is 0 Å². The van der Waals surface area contributed by atoms with E-state index < -0.39 is 5.60 Å². The van der Waals surface area contributed by atoms with Crippen LogP contribution in [0.3, 0.4) is 0 Å². The Hall–Kier alpha value is -2.58. The van der Waals surface area contributed by atoms with E-state index in [1.165, 1.54) is 0 Å². The summed E-state index contributed by atoms with van der Waals surface area (Å²) in [5, 5.41) is 10.2. The highest BCUT2D eigenvalue weighted by Gasteiger charge is 2.41. The van der Waals surface area contributed by atoms with Crippen LogP contribution in [0.4, 0.5) is 5.82 Å². The summed E-state index contributed by atoms with van der Waals surface area (Å²) in [4.78, 5) is 23.6. The molecule has 3 heterocycles. The van der Waals surface area contributed by atoms with Gasteiger partial charge in [-0.3, -0.25) is 9.20 Å². The normalized spacial score (nSPS) is 24.1. The summed E-state index contributed by atoms with van der Waals surface area (Å²) in [7, 11) is 0. The van der Waals surface area contributed by atoms with Gasteiger partial charge in [0.1, 0.15) is 22.9 Å². The minimum Gasteiger partial charge on any atom is -0.390 e. The Morgan fingerprint density at radius 1 is 1.31 bits per heavy atom. The molecule has 0 bridgehead atoms. The van der Waals surface area contributed by atoms with Crippen molar-refractivity contribution in [3.63, 3.8) is 0 Å². The summed E-state index contributed by atoms with van der Waals surface area (Å²) < 4.78 is 1.98.